The first kappa shape index (κ1) is 68.8. The summed E-state index contributed by atoms with van der Waals surface area (Å²) >= 11 is 0. The molecule has 0 aliphatic heterocycles. The molecular weight excluding hydrogens is 889 g/mol. The molecule has 0 saturated carbocycles. The fourth-order valence-corrected chi connectivity index (χ4v) is 8.72. The van der Waals surface area contributed by atoms with E-state index in [0.29, 0.717) is 19.3 Å². The van der Waals surface area contributed by atoms with Crippen LogP contribution in [-0.2, 0) is 28.6 Å². The number of carbonyl (C=O) groups is 3. The molecule has 1 unspecified atom stereocenters. The summed E-state index contributed by atoms with van der Waals surface area (Å²) < 4.78 is 16.9. The molecule has 416 valence electrons. The lowest BCUT2D eigenvalue weighted by atomic mass is 10.0. The number of hydrogen-bond donors (Lipinski definition) is 0. The second kappa shape index (κ2) is 60.4. The zero-order chi connectivity index (χ0) is 52.2. The Hall–Kier alpha value is -3.15. The van der Waals surface area contributed by atoms with Crippen LogP contribution in [0.2, 0.25) is 0 Å². The predicted octanol–water partition coefficient (Wildman–Crippen LogP) is 20.9. The van der Waals surface area contributed by atoms with E-state index < -0.39 is 6.10 Å². The lowest BCUT2D eigenvalue weighted by Crippen LogP contribution is -2.30. The van der Waals surface area contributed by atoms with Gasteiger partial charge in [-0.2, -0.15) is 0 Å². The number of ether oxygens (including phenoxy) is 3. The number of rotatable bonds is 56. The fourth-order valence-electron chi connectivity index (χ4n) is 8.72. The van der Waals surface area contributed by atoms with E-state index in [4.69, 9.17) is 14.2 Å². The van der Waals surface area contributed by atoms with Gasteiger partial charge < -0.3 is 14.2 Å². The zero-order valence-electron chi connectivity index (χ0n) is 47.7. The topological polar surface area (TPSA) is 78.9 Å². The van der Waals surface area contributed by atoms with Crippen molar-refractivity contribution in [2.24, 2.45) is 0 Å². The van der Waals surface area contributed by atoms with Gasteiger partial charge in [0.2, 0.25) is 0 Å². The molecule has 0 aliphatic rings. The van der Waals surface area contributed by atoms with Crippen LogP contribution >= 0.6 is 0 Å². The van der Waals surface area contributed by atoms with Gasteiger partial charge in [-0.3, -0.25) is 14.4 Å². The monoisotopic (exact) mass is 1000 g/mol. The van der Waals surface area contributed by atoms with Crippen molar-refractivity contribution in [1.82, 2.24) is 0 Å². The van der Waals surface area contributed by atoms with Crippen molar-refractivity contribution < 1.29 is 28.6 Å². The highest BCUT2D eigenvalue weighted by molar-refractivity contribution is 5.71. The summed E-state index contributed by atoms with van der Waals surface area (Å²) in [6.07, 6.45) is 77.5. The highest BCUT2D eigenvalue weighted by atomic mass is 16.6. The normalized spacial score (nSPS) is 12.5. The Balaban J connectivity index is 4.33. The average molecular weight is 1010 g/mol. The van der Waals surface area contributed by atoms with E-state index >= 15 is 0 Å². The number of esters is 3. The summed E-state index contributed by atoms with van der Waals surface area (Å²) in [6, 6.07) is 0. The Morgan fingerprint density at radius 3 is 0.833 bits per heavy atom. The molecule has 0 fully saturated rings. The van der Waals surface area contributed by atoms with Crippen LogP contribution < -0.4 is 0 Å². The quantitative estimate of drug-likeness (QED) is 0.0261. The van der Waals surface area contributed by atoms with Gasteiger partial charge in [0, 0.05) is 19.3 Å². The smallest absolute Gasteiger partial charge is 0.306 e. The second-order valence-electron chi connectivity index (χ2n) is 20.6. The van der Waals surface area contributed by atoms with E-state index in [1.165, 1.54) is 167 Å². The molecule has 0 rings (SSSR count). The minimum atomic E-state index is -0.787. The van der Waals surface area contributed by atoms with Crippen LogP contribution in [0.5, 0.6) is 0 Å². The molecule has 0 aromatic heterocycles. The first-order valence-corrected chi connectivity index (χ1v) is 30.9. The van der Waals surface area contributed by atoms with Crippen molar-refractivity contribution in [1.29, 1.82) is 0 Å². The highest BCUT2D eigenvalue weighted by Gasteiger charge is 2.19. The molecule has 0 heterocycles. The van der Waals surface area contributed by atoms with E-state index in [1.807, 2.05) is 0 Å². The maximum absolute atomic E-state index is 12.9. The first-order chi connectivity index (χ1) is 35.5. The van der Waals surface area contributed by atoms with E-state index in [-0.39, 0.29) is 31.1 Å². The average Bonchev–Trinajstić information content (AvgIpc) is 3.38. The lowest BCUT2D eigenvalue weighted by molar-refractivity contribution is -0.167. The van der Waals surface area contributed by atoms with Crippen molar-refractivity contribution in [3.8, 4) is 0 Å². The van der Waals surface area contributed by atoms with Crippen molar-refractivity contribution in [3.05, 3.63) is 72.9 Å². The highest BCUT2D eigenvalue weighted by Crippen LogP contribution is 2.16. The molecule has 6 nitrogen and oxygen atoms in total. The fraction of sp³-hybridized carbons (Fsp3) is 0.773. The first-order valence-electron chi connectivity index (χ1n) is 30.9. The van der Waals surface area contributed by atoms with Gasteiger partial charge in [0.15, 0.2) is 6.10 Å². The maximum Gasteiger partial charge on any atom is 0.306 e. The van der Waals surface area contributed by atoms with Crippen LogP contribution in [0.25, 0.3) is 0 Å². The molecule has 0 amide bonds. The summed E-state index contributed by atoms with van der Waals surface area (Å²) in [4.78, 5) is 38.2. The van der Waals surface area contributed by atoms with Crippen LogP contribution in [0.15, 0.2) is 72.9 Å². The summed E-state index contributed by atoms with van der Waals surface area (Å²) in [5.41, 5.74) is 0. The van der Waals surface area contributed by atoms with Crippen LogP contribution in [-0.4, -0.2) is 37.2 Å². The number of hydrogen-bond acceptors (Lipinski definition) is 6. The third-order valence-corrected chi connectivity index (χ3v) is 13.4. The summed E-state index contributed by atoms with van der Waals surface area (Å²) in [6.45, 7) is 6.56. The summed E-state index contributed by atoms with van der Waals surface area (Å²) in [7, 11) is 0. The molecule has 1 atom stereocenters. The Morgan fingerprint density at radius 1 is 0.278 bits per heavy atom. The van der Waals surface area contributed by atoms with Gasteiger partial charge in [-0.25, -0.2) is 0 Å². The Bertz CT molecular complexity index is 1340. The minimum absolute atomic E-state index is 0.0833. The molecule has 0 aliphatic carbocycles. The molecule has 0 N–H and O–H groups in total. The maximum atomic E-state index is 12.9. The molecule has 0 radical (unpaired) electrons. The summed E-state index contributed by atoms with van der Waals surface area (Å²) in [5, 5.41) is 0. The molecular formula is C66H116O6. The van der Waals surface area contributed by atoms with Crippen LogP contribution in [0.1, 0.15) is 310 Å². The second-order valence-corrected chi connectivity index (χ2v) is 20.6. The van der Waals surface area contributed by atoms with Gasteiger partial charge >= 0.3 is 17.9 Å². The molecule has 72 heavy (non-hydrogen) atoms. The number of unbranched alkanes of at least 4 members (excludes halogenated alkanes) is 33. The largest absolute Gasteiger partial charge is 0.462 e. The van der Waals surface area contributed by atoms with E-state index in [2.05, 4.69) is 93.7 Å². The SMILES string of the molecule is CCC/C=C\C/C=C\CCCCCCCC(=O)OCC(COC(=O)CCCCCCCCCCCCC/C=C\C/C=C\CCCCCCC)OC(=O)CCCCCCCCC/C=C\C/C=C\CCCCCC. The molecule has 0 aromatic carbocycles. The van der Waals surface area contributed by atoms with Crippen molar-refractivity contribution in [2.45, 2.75) is 316 Å². The van der Waals surface area contributed by atoms with Crippen molar-refractivity contribution in [2.75, 3.05) is 13.2 Å². The predicted molar refractivity (Wildman–Crippen MR) is 311 cm³/mol. The minimum Gasteiger partial charge on any atom is -0.462 e. The number of allylic oxidation sites excluding steroid dienone is 12. The molecule has 0 saturated heterocycles. The molecule has 0 spiro atoms. The van der Waals surface area contributed by atoms with E-state index in [1.54, 1.807) is 0 Å². The molecule has 0 bridgehead atoms. The third-order valence-electron chi connectivity index (χ3n) is 13.4. The standard InChI is InChI=1S/C66H116O6/c1-4-7-10-13-16-19-22-25-27-29-31-32-33-34-35-37-38-41-44-47-50-53-56-59-65(68)71-62-63(61-70-64(67)58-55-52-49-46-43-40-24-21-18-15-12-9-6-3)72-66(69)60-57-54-51-48-45-42-39-36-30-28-26-23-20-17-14-11-8-5-2/h12,15,20-25,28-31,63H,4-11,13-14,16-19,26-27,32-62H2,1-3H3/b15-12-,23-20-,24-21-,25-22-,30-28-,31-29-. The third kappa shape index (κ3) is 57.7. The Labute approximate surface area is 446 Å². The van der Waals surface area contributed by atoms with Crippen LogP contribution in [0.3, 0.4) is 0 Å². The Morgan fingerprint density at radius 2 is 0.528 bits per heavy atom. The Kier molecular flexibility index (Phi) is 57.8. The van der Waals surface area contributed by atoms with Crippen LogP contribution in [0, 0.1) is 0 Å². The van der Waals surface area contributed by atoms with Gasteiger partial charge in [0.1, 0.15) is 13.2 Å². The van der Waals surface area contributed by atoms with Gasteiger partial charge in [-0.05, 0) is 109 Å². The van der Waals surface area contributed by atoms with E-state index in [9.17, 15) is 14.4 Å². The van der Waals surface area contributed by atoms with Crippen molar-refractivity contribution in [3.63, 3.8) is 0 Å². The number of carbonyl (C=O) groups excluding carboxylic acids is 3. The van der Waals surface area contributed by atoms with Gasteiger partial charge in [-0.15, -0.1) is 0 Å². The molecule has 0 aromatic rings. The van der Waals surface area contributed by atoms with Crippen LogP contribution in [0.4, 0.5) is 0 Å². The lowest BCUT2D eigenvalue weighted by Gasteiger charge is -2.18. The molecule has 6 heteroatoms. The van der Waals surface area contributed by atoms with Gasteiger partial charge in [0.25, 0.3) is 0 Å². The van der Waals surface area contributed by atoms with Crippen molar-refractivity contribution >= 4 is 17.9 Å². The van der Waals surface area contributed by atoms with Gasteiger partial charge in [-0.1, -0.05) is 254 Å². The van der Waals surface area contributed by atoms with E-state index in [0.717, 1.165) is 103 Å². The summed E-state index contributed by atoms with van der Waals surface area (Å²) in [5.74, 6) is -0.897. The van der Waals surface area contributed by atoms with Gasteiger partial charge in [0.05, 0.1) is 0 Å². The zero-order valence-corrected chi connectivity index (χ0v) is 47.7.